The number of hydrogen-bond acceptors (Lipinski definition) is 4. The summed E-state index contributed by atoms with van der Waals surface area (Å²) in [7, 11) is 0. The average Bonchev–Trinajstić information content (AvgIpc) is 2.60. The first-order valence-electron chi connectivity index (χ1n) is 8.68. The number of benzene rings is 1. The van der Waals surface area contributed by atoms with Crippen LogP contribution >= 0.6 is 11.8 Å². The fourth-order valence-corrected chi connectivity index (χ4v) is 3.61. The molecule has 1 heterocycles. The number of carbonyl (C=O) groups excluding carboxylic acids is 2. The predicted octanol–water partition coefficient (Wildman–Crippen LogP) is 3.70. The number of piperidine rings is 1. The molecule has 0 bridgehead atoms. The summed E-state index contributed by atoms with van der Waals surface area (Å²) in [6.07, 6.45) is 1.41. The molecule has 1 aromatic carbocycles. The van der Waals surface area contributed by atoms with Crippen LogP contribution in [0, 0.1) is 5.92 Å². The van der Waals surface area contributed by atoms with Crippen LogP contribution in [0.2, 0.25) is 0 Å². The van der Waals surface area contributed by atoms with Crippen molar-refractivity contribution in [2.24, 2.45) is 5.92 Å². The minimum absolute atomic E-state index is 0.0507. The zero-order chi connectivity index (χ0) is 17.5. The quantitative estimate of drug-likeness (QED) is 0.580. The number of likely N-dealkylation sites (tertiary alicyclic amines) is 1. The van der Waals surface area contributed by atoms with E-state index in [9.17, 15) is 9.59 Å². The van der Waals surface area contributed by atoms with Gasteiger partial charge in [-0.1, -0.05) is 26.0 Å². The third-order valence-corrected chi connectivity index (χ3v) is 5.37. The van der Waals surface area contributed by atoms with Crippen LogP contribution in [0.5, 0.6) is 0 Å². The van der Waals surface area contributed by atoms with E-state index in [1.807, 2.05) is 11.8 Å². The zero-order valence-electron chi connectivity index (χ0n) is 14.8. The summed E-state index contributed by atoms with van der Waals surface area (Å²) in [6.45, 7) is 7.88. The van der Waals surface area contributed by atoms with E-state index < -0.39 is 0 Å². The SMILES string of the molecule is CCOC(=O)C1CCN(C(=O)CSc2ccc(C(C)C)cc2)CC1. The van der Waals surface area contributed by atoms with Crippen LogP contribution in [0.25, 0.3) is 0 Å². The van der Waals surface area contributed by atoms with E-state index in [4.69, 9.17) is 4.74 Å². The summed E-state index contributed by atoms with van der Waals surface area (Å²) < 4.78 is 5.06. The Kier molecular flexibility index (Phi) is 7.16. The maximum atomic E-state index is 12.3. The van der Waals surface area contributed by atoms with Crippen molar-refractivity contribution in [1.29, 1.82) is 0 Å². The third-order valence-electron chi connectivity index (χ3n) is 4.38. The first-order chi connectivity index (χ1) is 11.5. The lowest BCUT2D eigenvalue weighted by Crippen LogP contribution is -2.41. The molecule has 0 spiro atoms. The van der Waals surface area contributed by atoms with E-state index in [0.29, 0.717) is 44.2 Å². The van der Waals surface area contributed by atoms with E-state index >= 15 is 0 Å². The molecule has 0 aliphatic carbocycles. The minimum atomic E-state index is -0.121. The Balaban J connectivity index is 1.76. The number of hydrogen-bond donors (Lipinski definition) is 0. The van der Waals surface area contributed by atoms with E-state index in [2.05, 4.69) is 38.1 Å². The predicted molar refractivity (Wildman–Crippen MR) is 97.2 cm³/mol. The van der Waals surface area contributed by atoms with Gasteiger partial charge >= 0.3 is 5.97 Å². The van der Waals surface area contributed by atoms with Gasteiger partial charge in [0.05, 0.1) is 18.3 Å². The number of esters is 1. The normalized spacial score (nSPS) is 15.6. The molecule has 1 saturated heterocycles. The average molecular weight is 349 g/mol. The summed E-state index contributed by atoms with van der Waals surface area (Å²) in [5.74, 6) is 0.946. The monoisotopic (exact) mass is 349 g/mol. The Labute approximate surface area is 148 Å². The van der Waals surface area contributed by atoms with E-state index in [-0.39, 0.29) is 17.8 Å². The lowest BCUT2D eigenvalue weighted by atomic mass is 9.97. The number of rotatable bonds is 6. The summed E-state index contributed by atoms with van der Waals surface area (Å²) >= 11 is 1.57. The minimum Gasteiger partial charge on any atom is -0.466 e. The topological polar surface area (TPSA) is 46.6 Å². The van der Waals surface area contributed by atoms with Gasteiger partial charge in [0, 0.05) is 18.0 Å². The van der Waals surface area contributed by atoms with Gasteiger partial charge in [0.25, 0.3) is 0 Å². The molecule has 5 heteroatoms. The van der Waals surface area contributed by atoms with Crippen LogP contribution in [-0.2, 0) is 14.3 Å². The number of thioether (sulfide) groups is 1. The molecule has 0 radical (unpaired) electrons. The van der Waals surface area contributed by atoms with Crippen LogP contribution in [0.3, 0.4) is 0 Å². The second-order valence-electron chi connectivity index (χ2n) is 6.42. The van der Waals surface area contributed by atoms with Crippen molar-refractivity contribution >= 4 is 23.6 Å². The van der Waals surface area contributed by atoms with Gasteiger partial charge in [-0.3, -0.25) is 9.59 Å². The fraction of sp³-hybridized carbons (Fsp3) is 0.579. The Morgan fingerprint density at radius 2 is 1.83 bits per heavy atom. The Bertz CT molecular complexity index is 548. The Morgan fingerprint density at radius 3 is 2.38 bits per heavy atom. The number of amides is 1. The maximum absolute atomic E-state index is 12.3. The molecular weight excluding hydrogens is 322 g/mol. The summed E-state index contributed by atoms with van der Waals surface area (Å²) in [4.78, 5) is 27.1. The highest BCUT2D eigenvalue weighted by molar-refractivity contribution is 8.00. The van der Waals surface area contributed by atoms with Crippen LogP contribution in [-0.4, -0.2) is 42.2 Å². The van der Waals surface area contributed by atoms with Crippen LogP contribution in [0.15, 0.2) is 29.2 Å². The van der Waals surface area contributed by atoms with Crippen molar-refractivity contribution in [3.63, 3.8) is 0 Å². The Morgan fingerprint density at radius 1 is 1.21 bits per heavy atom. The van der Waals surface area contributed by atoms with Gasteiger partial charge in [0.2, 0.25) is 5.91 Å². The highest BCUT2D eigenvalue weighted by Crippen LogP contribution is 2.24. The van der Waals surface area contributed by atoms with Crippen molar-refractivity contribution in [2.75, 3.05) is 25.4 Å². The van der Waals surface area contributed by atoms with Crippen LogP contribution in [0.1, 0.15) is 45.1 Å². The van der Waals surface area contributed by atoms with Crippen molar-refractivity contribution < 1.29 is 14.3 Å². The van der Waals surface area contributed by atoms with Gasteiger partial charge in [-0.05, 0) is 43.4 Å². The first kappa shape index (κ1) is 18.8. The van der Waals surface area contributed by atoms with E-state index in [0.717, 1.165) is 4.90 Å². The number of carbonyl (C=O) groups is 2. The third kappa shape index (κ3) is 5.26. The van der Waals surface area contributed by atoms with Gasteiger partial charge in [0.15, 0.2) is 0 Å². The Hall–Kier alpha value is -1.49. The van der Waals surface area contributed by atoms with E-state index in [1.165, 1.54) is 5.56 Å². The molecule has 1 fully saturated rings. The van der Waals surface area contributed by atoms with Crippen molar-refractivity contribution in [3.05, 3.63) is 29.8 Å². The van der Waals surface area contributed by atoms with Crippen LogP contribution in [0.4, 0.5) is 0 Å². The molecule has 1 amide bonds. The van der Waals surface area contributed by atoms with Crippen molar-refractivity contribution in [3.8, 4) is 0 Å². The van der Waals surface area contributed by atoms with Crippen molar-refractivity contribution in [2.45, 2.75) is 44.4 Å². The largest absolute Gasteiger partial charge is 0.466 e. The van der Waals surface area contributed by atoms with Gasteiger partial charge < -0.3 is 9.64 Å². The highest BCUT2D eigenvalue weighted by Gasteiger charge is 2.27. The molecule has 132 valence electrons. The molecule has 1 aliphatic rings. The smallest absolute Gasteiger partial charge is 0.309 e. The van der Waals surface area contributed by atoms with Crippen molar-refractivity contribution in [1.82, 2.24) is 4.90 Å². The molecule has 2 rings (SSSR count). The van der Waals surface area contributed by atoms with Crippen LogP contribution < -0.4 is 0 Å². The van der Waals surface area contributed by atoms with E-state index in [1.54, 1.807) is 11.8 Å². The van der Waals surface area contributed by atoms with Gasteiger partial charge in [0.1, 0.15) is 0 Å². The second-order valence-corrected chi connectivity index (χ2v) is 7.47. The van der Waals surface area contributed by atoms with Gasteiger partial charge in [-0.25, -0.2) is 0 Å². The fourth-order valence-electron chi connectivity index (χ4n) is 2.81. The summed E-state index contributed by atoms with van der Waals surface area (Å²) in [6, 6.07) is 8.42. The zero-order valence-corrected chi connectivity index (χ0v) is 15.6. The standard InChI is InChI=1S/C19H27NO3S/c1-4-23-19(22)16-9-11-20(12-10-16)18(21)13-24-17-7-5-15(6-8-17)14(2)3/h5-8,14,16H,4,9-13H2,1-3H3. The highest BCUT2D eigenvalue weighted by atomic mass is 32.2. The maximum Gasteiger partial charge on any atom is 0.309 e. The molecule has 4 nitrogen and oxygen atoms in total. The molecule has 0 atom stereocenters. The number of ether oxygens (including phenoxy) is 1. The first-order valence-corrected chi connectivity index (χ1v) is 9.67. The van der Waals surface area contributed by atoms with Gasteiger partial charge in [-0.2, -0.15) is 0 Å². The van der Waals surface area contributed by atoms with Gasteiger partial charge in [-0.15, -0.1) is 11.8 Å². The molecule has 24 heavy (non-hydrogen) atoms. The lowest BCUT2D eigenvalue weighted by Gasteiger charge is -2.30. The molecule has 0 N–H and O–H groups in total. The second kappa shape index (κ2) is 9.11. The lowest BCUT2D eigenvalue weighted by molar-refractivity contribution is -0.151. The molecule has 0 unspecified atom stereocenters. The molecule has 1 aliphatic heterocycles. The summed E-state index contributed by atoms with van der Waals surface area (Å²) in [5.41, 5.74) is 1.31. The molecule has 0 aromatic heterocycles. The molecule has 1 aromatic rings. The molecular formula is C19H27NO3S. The summed E-state index contributed by atoms with van der Waals surface area (Å²) in [5, 5.41) is 0. The molecule has 0 saturated carbocycles. The number of nitrogens with zero attached hydrogens (tertiary/aromatic N) is 1.